The molecule has 2 nitrogen and oxygen atoms in total. The summed E-state index contributed by atoms with van der Waals surface area (Å²) in [6, 6.07) is 6.61. The minimum atomic E-state index is -0.153. The average Bonchev–Trinajstić information content (AvgIpc) is 2.91. The van der Waals surface area contributed by atoms with E-state index in [-0.39, 0.29) is 11.5 Å². The van der Waals surface area contributed by atoms with Gasteiger partial charge in [-0.3, -0.25) is 0 Å². The molecule has 0 unspecified atom stereocenters. The Hall–Kier alpha value is -1.28. The van der Waals surface area contributed by atoms with Gasteiger partial charge in [-0.1, -0.05) is 24.6 Å². The first-order valence-corrected chi connectivity index (χ1v) is 8.75. The summed E-state index contributed by atoms with van der Waals surface area (Å²) in [6.07, 6.45) is 8.89. The van der Waals surface area contributed by atoms with Gasteiger partial charge in [0.25, 0.3) is 0 Å². The highest BCUT2D eigenvalue weighted by Crippen LogP contribution is 2.60. The zero-order chi connectivity index (χ0) is 15.3. The number of aryl methyl sites for hydroxylation is 1. The Labute approximate surface area is 133 Å². The number of hydrogen-bond donors (Lipinski definition) is 1. The summed E-state index contributed by atoms with van der Waals surface area (Å²) in [7, 11) is 1.75. The highest BCUT2D eigenvalue weighted by Gasteiger charge is 2.51. The summed E-state index contributed by atoms with van der Waals surface area (Å²) in [5.74, 6) is 2.23. The van der Waals surface area contributed by atoms with Crippen LogP contribution in [0, 0.1) is 11.3 Å². The number of hydrogen-bond acceptors (Lipinski definition) is 2. The SMILES string of the molecule is CC[C@]12CC[C@@H]3c4cc(OC)ccc4CC[C@H]3C1=CC[C@H]2O. The minimum Gasteiger partial charge on any atom is -0.497 e. The van der Waals surface area contributed by atoms with Crippen LogP contribution in [0.3, 0.4) is 0 Å². The van der Waals surface area contributed by atoms with Crippen LogP contribution in [0.5, 0.6) is 5.75 Å². The van der Waals surface area contributed by atoms with E-state index in [4.69, 9.17) is 4.74 Å². The third-order valence-electron chi connectivity index (χ3n) is 6.67. The molecule has 118 valence electrons. The van der Waals surface area contributed by atoms with Crippen molar-refractivity contribution in [1.29, 1.82) is 0 Å². The average molecular weight is 298 g/mol. The van der Waals surface area contributed by atoms with E-state index in [1.54, 1.807) is 12.7 Å². The van der Waals surface area contributed by atoms with Crippen LogP contribution in [-0.2, 0) is 6.42 Å². The Morgan fingerprint density at radius 2 is 2.14 bits per heavy atom. The van der Waals surface area contributed by atoms with Crippen LogP contribution in [-0.4, -0.2) is 18.3 Å². The van der Waals surface area contributed by atoms with Gasteiger partial charge in [0.15, 0.2) is 0 Å². The number of rotatable bonds is 2. The third kappa shape index (κ3) is 1.83. The molecular formula is C20H26O2. The minimum absolute atomic E-state index is 0.0809. The molecule has 3 aliphatic carbocycles. The van der Waals surface area contributed by atoms with Crippen molar-refractivity contribution < 1.29 is 9.84 Å². The second kappa shape index (κ2) is 5.13. The number of aliphatic hydroxyl groups excluding tert-OH is 1. The fourth-order valence-corrected chi connectivity index (χ4v) is 5.45. The predicted octanol–water partition coefficient (Wildman–Crippen LogP) is 4.22. The quantitative estimate of drug-likeness (QED) is 0.828. The molecule has 1 aromatic carbocycles. The van der Waals surface area contributed by atoms with E-state index in [0.29, 0.717) is 11.8 Å². The predicted molar refractivity (Wildman–Crippen MR) is 88.2 cm³/mol. The number of fused-ring (bicyclic) bond motifs is 5. The van der Waals surface area contributed by atoms with Gasteiger partial charge in [-0.05, 0) is 73.6 Å². The standard InChI is InChI=1S/C20H26O2/c1-3-20-11-10-15-16(18(20)8-9-19(20)21)7-5-13-4-6-14(22-2)12-17(13)15/h4,6,8,12,15-16,19,21H,3,5,7,9-11H2,1-2H3/t15-,16+,19+,20-/m0/s1. The molecule has 1 aromatic rings. The van der Waals surface area contributed by atoms with Crippen molar-refractivity contribution in [3.63, 3.8) is 0 Å². The fourth-order valence-electron chi connectivity index (χ4n) is 5.45. The maximum absolute atomic E-state index is 10.6. The molecule has 0 aromatic heterocycles. The number of ether oxygens (including phenoxy) is 1. The van der Waals surface area contributed by atoms with E-state index in [1.807, 2.05) is 0 Å². The molecule has 3 aliphatic rings. The molecule has 0 amide bonds. The van der Waals surface area contributed by atoms with Crippen LogP contribution in [0.25, 0.3) is 0 Å². The Kier molecular flexibility index (Phi) is 3.34. The van der Waals surface area contributed by atoms with Gasteiger partial charge in [0.1, 0.15) is 5.75 Å². The Bertz CT molecular complexity index is 618. The molecule has 22 heavy (non-hydrogen) atoms. The molecular weight excluding hydrogens is 272 g/mol. The molecule has 0 heterocycles. The number of benzene rings is 1. The van der Waals surface area contributed by atoms with E-state index < -0.39 is 0 Å². The molecule has 1 saturated carbocycles. The third-order valence-corrected chi connectivity index (χ3v) is 6.67. The zero-order valence-electron chi connectivity index (χ0n) is 13.6. The lowest BCUT2D eigenvalue weighted by Crippen LogP contribution is -2.41. The van der Waals surface area contributed by atoms with Gasteiger partial charge in [0, 0.05) is 5.41 Å². The summed E-state index contributed by atoms with van der Waals surface area (Å²) in [6.45, 7) is 2.25. The highest BCUT2D eigenvalue weighted by atomic mass is 16.5. The highest BCUT2D eigenvalue weighted by molar-refractivity contribution is 5.44. The molecule has 4 rings (SSSR count). The van der Waals surface area contributed by atoms with Crippen molar-refractivity contribution in [3.8, 4) is 5.75 Å². The number of methoxy groups -OCH3 is 1. The van der Waals surface area contributed by atoms with E-state index in [9.17, 15) is 5.11 Å². The van der Waals surface area contributed by atoms with Gasteiger partial charge in [-0.25, -0.2) is 0 Å². The maximum Gasteiger partial charge on any atom is 0.119 e. The molecule has 1 fully saturated rings. The molecule has 0 bridgehead atoms. The van der Waals surface area contributed by atoms with Crippen LogP contribution in [0.2, 0.25) is 0 Å². The van der Waals surface area contributed by atoms with Gasteiger partial charge in [-0.15, -0.1) is 0 Å². The van der Waals surface area contributed by atoms with E-state index >= 15 is 0 Å². The van der Waals surface area contributed by atoms with Gasteiger partial charge in [-0.2, -0.15) is 0 Å². The largest absolute Gasteiger partial charge is 0.497 e. The molecule has 1 N–H and O–H groups in total. The van der Waals surface area contributed by atoms with Crippen molar-refractivity contribution in [3.05, 3.63) is 41.0 Å². The van der Waals surface area contributed by atoms with Gasteiger partial charge < -0.3 is 9.84 Å². The van der Waals surface area contributed by atoms with Gasteiger partial charge in [0.05, 0.1) is 13.2 Å². The first-order valence-electron chi connectivity index (χ1n) is 8.75. The van der Waals surface area contributed by atoms with E-state index in [2.05, 4.69) is 31.2 Å². The molecule has 4 atom stereocenters. The van der Waals surface area contributed by atoms with Crippen LogP contribution in [0.4, 0.5) is 0 Å². The molecule has 0 saturated heterocycles. The second-order valence-corrected chi connectivity index (χ2v) is 7.28. The van der Waals surface area contributed by atoms with Crippen molar-refractivity contribution in [1.82, 2.24) is 0 Å². The van der Waals surface area contributed by atoms with Gasteiger partial charge in [0.2, 0.25) is 0 Å². The smallest absolute Gasteiger partial charge is 0.119 e. The normalized spacial score (nSPS) is 36.1. The van der Waals surface area contributed by atoms with Crippen molar-refractivity contribution in [2.75, 3.05) is 7.11 Å². The first kappa shape index (κ1) is 14.3. The Balaban J connectivity index is 1.74. The van der Waals surface area contributed by atoms with Crippen LogP contribution < -0.4 is 4.74 Å². The van der Waals surface area contributed by atoms with Crippen LogP contribution in [0.1, 0.15) is 56.1 Å². The monoisotopic (exact) mass is 298 g/mol. The maximum atomic E-state index is 10.6. The molecule has 0 aliphatic heterocycles. The van der Waals surface area contributed by atoms with E-state index in [1.165, 1.54) is 24.0 Å². The lowest BCUT2D eigenvalue weighted by atomic mass is 9.56. The van der Waals surface area contributed by atoms with Crippen molar-refractivity contribution in [2.45, 2.75) is 57.5 Å². The molecule has 0 radical (unpaired) electrons. The van der Waals surface area contributed by atoms with Crippen molar-refractivity contribution in [2.24, 2.45) is 11.3 Å². The lowest BCUT2D eigenvalue weighted by Gasteiger charge is -2.48. The Morgan fingerprint density at radius 3 is 2.91 bits per heavy atom. The van der Waals surface area contributed by atoms with E-state index in [0.717, 1.165) is 31.4 Å². The number of aliphatic hydroxyl groups is 1. The second-order valence-electron chi connectivity index (χ2n) is 7.28. The summed E-state index contributed by atoms with van der Waals surface area (Å²) >= 11 is 0. The van der Waals surface area contributed by atoms with Gasteiger partial charge >= 0.3 is 0 Å². The summed E-state index contributed by atoms with van der Waals surface area (Å²) in [5, 5.41) is 10.6. The molecule has 2 heteroatoms. The zero-order valence-corrected chi connectivity index (χ0v) is 13.6. The Morgan fingerprint density at radius 1 is 1.27 bits per heavy atom. The topological polar surface area (TPSA) is 29.5 Å². The fraction of sp³-hybridized carbons (Fsp3) is 0.600. The lowest BCUT2D eigenvalue weighted by molar-refractivity contribution is 0.0311. The van der Waals surface area contributed by atoms with Crippen molar-refractivity contribution >= 4 is 0 Å². The molecule has 0 spiro atoms. The summed E-state index contributed by atoms with van der Waals surface area (Å²) < 4.78 is 5.45. The van der Waals surface area contributed by atoms with Crippen LogP contribution >= 0.6 is 0 Å². The summed E-state index contributed by atoms with van der Waals surface area (Å²) in [4.78, 5) is 0. The van der Waals surface area contributed by atoms with Crippen LogP contribution in [0.15, 0.2) is 29.8 Å². The summed E-state index contributed by atoms with van der Waals surface area (Å²) in [5.41, 5.74) is 4.66. The first-order chi connectivity index (χ1) is 10.7.